The number of nitrogens with zero attached hydrogens (tertiary/aromatic N) is 2. The Bertz CT molecular complexity index is 1090. The molecular formula is C24H27ClN2O2. The van der Waals surface area contributed by atoms with Gasteiger partial charge in [-0.15, -0.1) is 12.4 Å². The Morgan fingerprint density at radius 1 is 1.00 bits per heavy atom. The van der Waals surface area contributed by atoms with E-state index >= 15 is 0 Å². The van der Waals surface area contributed by atoms with Crippen LogP contribution in [0.25, 0.3) is 21.8 Å². The number of para-hydroxylation sites is 2. The Kier molecular flexibility index (Phi) is 6.78. The zero-order chi connectivity index (χ0) is 19.5. The maximum absolute atomic E-state index is 10.7. The van der Waals surface area contributed by atoms with Crippen molar-refractivity contribution in [2.75, 3.05) is 6.61 Å². The number of aromatic nitrogens is 2. The lowest BCUT2D eigenvalue weighted by atomic mass is 10.1. The molecule has 152 valence electrons. The highest BCUT2D eigenvalue weighted by Crippen LogP contribution is 2.25. The minimum Gasteiger partial charge on any atom is -0.491 e. The number of aliphatic hydroxyl groups is 1. The number of imidazole rings is 1. The molecule has 0 bridgehead atoms. The molecule has 0 aliphatic heterocycles. The van der Waals surface area contributed by atoms with E-state index in [-0.39, 0.29) is 19.0 Å². The van der Waals surface area contributed by atoms with Crippen LogP contribution in [0.5, 0.6) is 5.75 Å². The second-order valence-electron chi connectivity index (χ2n) is 7.35. The number of halogens is 1. The zero-order valence-electron chi connectivity index (χ0n) is 16.8. The maximum Gasteiger partial charge on any atom is 0.120 e. The molecule has 0 amide bonds. The third-order valence-electron chi connectivity index (χ3n) is 5.29. The summed E-state index contributed by atoms with van der Waals surface area (Å²) in [6.07, 6.45) is 0.388. The third kappa shape index (κ3) is 4.55. The van der Waals surface area contributed by atoms with Crippen molar-refractivity contribution < 1.29 is 9.84 Å². The van der Waals surface area contributed by atoms with Gasteiger partial charge in [-0.2, -0.15) is 0 Å². The summed E-state index contributed by atoms with van der Waals surface area (Å²) in [5, 5.41) is 13.0. The molecule has 4 rings (SSSR count). The van der Waals surface area contributed by atoms with Gasteiger partial charge in [0.2, 0.25) is 0 Å². The molecule has 3 aromatic carbocycles. The quantitative estimate of drug-likeness (QED) is 0.433. The van der Waals surface area contributed by atoms with Gasteiger partial charge >= 0.3 is 0 Å². The molecule has 1 N–H and O–H groups in total. The topological polar surface area (TPSA) is 47.3 Å². The number of fused-ring (bicyclic) bond motifs is 2. The van der Waals surface area contributed by atoms with Crippen molar-refractivity contribution in [2.45, 2.75) is 38.8 Å². The number of rotatable bonds is 7. The van der Waals surface area contributed by atoms with Crippen molar-refractivity contribution in [2.24, 2.45) is 0 Å². The normalized spacial score (nSPS) is 13.2. The molecule has 4 nitrogen and oxygen atoms in total. The van der Waals surface area contributed by atoms with Crippen molar-refractivity contribution in [3.8, 4) is 5.75 Å². The summed E-state index contributed by atoms with van der Waals surface area (Å²) in [5.74, 6) is 2.13. The Balaban J connectivity index is 0.00000240. The molecule has 1 heterocycles. The van der Waals surface area contributed by atoms with Crippen molar-refractivity contribution >= 4 is 34.2 Å². The first-order valence-electron chi connectivity index (χ1n) is 9.90. The predicted molar refractivity (Wildman–Crippen MR) is 121 cm³/mol. The number of benzene rings is 3. The van der Waals surface area contributed by atoms with Gasteiger partial charge in [0.1, 0.15) is 24.3 Å². The van der Waals surface area contributed by atoms with Crippen LogP contribution in [0, 0.1) is 0 Å². The SMILES string of the molecule is CCC(C)c1nc2ccccc2n1CC(O)COc1ccc2ccccc2c1.Cl. The van der Waals surface area contributed by atoms with E-state index in [9.17, 15) is 5.11 Å². The monoisotopic (exact) mass is 410 g/mol. The first-order valence-corrected chi connectivity index (χ1v) is 9.90. The Labute approximate surface area is 177 Å². The van der Waals surface area contributed by atoms with E-state index in [0.717, 1.165) is 34.4 Å². The number of hydrogen-bond donors (Lipinski definition) is 1. The molecule has 0 saturated heterocycles. The van der Waals surface area contributed by atoms with Gasteiger partial charge in [0.15, 0.2) is 0 Å². The van der Waals surface area contributed by atoms with Crippen LogP contribution in [0.2, 0.25) is 0 Å². The molecule has 0 aliphatic rings. The summed E-state index contributed by atoms with van der Waals surface area (Å²) in [6, 6.07) is 22.3. The largest absolute Gasteiger partial charge is 0.491 e. The number of ether oxygens (including phenoxy) is 1. The van der Waals surface area contributed by atoms with Gasteiger partial charge < -0.3 is 14.4 Å². The lowest BCUT2D eigenvalue weighted by Gasteiger charge is -2.18. The summed E-state index contributed by atoms with van der Waals surface area (Å²) < 4.78 is 8.02. The second-order valence-corrected chi connectivity index (χ2v) is 7.35. The van der Waals surface area contributed by atoms with E-state index in [1.807, 2.05) is 48.5 Å². The average molecular weight is 411 g/mol. The van der Waals surface area contributed by atoms with Gasteiger partial charge in [-0.3, -0.25) is 0 Å². The number of aliphatic hydroxyl groups excluding tert-OH is 1. The summed E-state index contributed by atoms with van der Waals surface area (Å²) >= 11 is 0. The fourth-order valence-corrected chi connectivity index (χ4v) is 3.56. The molecule has 0 fully saturated rings. The maximum atomic E-state index is 10.7. The van der Waals surface area contributed by atoms with Crippen LogP contribution in [0.15, 0.2) is 66.7 Å². The zero-order valence-corrected chi connectivity index (χ0v) is 17.6. The summed E-state index contributed by atoms with van der Waals surface area (Å²) in [7, 11) is 0. The molecule has 2 atom stereocenters. The van der Waals surface area contributed by atoms with Crippen molar-refractivity contribution in [3.63, 3.8) is 0 Å². The highest BCUT2D eigenvalue weighted by molar-refractivity contribution is 5.85. The molecule has 0 aliphatic carbocycles. The molecule has 29 heavy (non-hydrogen) atoms. The molecule has 2 unspecified atom stereocenters. The van der Waals surface area contributed by atoms with Gasteiger partial charge in [-0.1, -0.05) is 56.3 Å². The van der Waals surface area contributed by atoms with E-state index in [4.69, 9.17) is 9.72 Å². The average Bonchev–Trinajstić information content (AvgIpc) is 3.10. The summed E-state index contributed by atoms with van der Waals surface area (Å²) in [6.45, 7) is 5.04. The van der Waals surface area contributed by atoms with Crippen LogP contribution in [0.3, 0.4) is 0 Å². The highest BCUT2D eigenvalue weighted by atomic mass is 35.5. The number of hydrogen-bond acceptors (Lipinski definition) is 3. The van der Waals surface area contributed by atoms with Gasteiger partial charge in [0.05, 0.1) is 17.6 Å². The smallest absolute Gasteiger partial charge is 0.120 e. The highest BCUT2D eigenvalue weighted by Gasteiger charge is 2.18. The van der Waals surface area contributed by atoms with Crippen molar-refractivity contribution in [3.05, 3.63) is 72.6 Å². The van der Waals surface area contributed by atoms with Crippen LogP contribution < -0.4 is 4.74 Å². The Hall–Kier alpha value is -2.56. The third-order valence-corrected chi connectivity index (χ3v) is 5.29. The van der Waals surface area contributed by atoms with Gasteiger partial charge in [-0.05, 0) is 41.5 Å². The van der Waals surface area contributed by atoms with Crippen molar-refractivity contribution in [1.29, 1.82) is 0 Å². The second kappa shape index (κ2) is 9.29. The van der Waals surface area contributed by atoms with Crippen LogP contribution >= 0.6 is 12.4 Å². The Morgan fingerprint density at radius 2 is 1.72 bits per heavy atom. The summed E-state index contributed by atoms with van der Waals surface area (Å²) in [4.78, 5) is 4.80. The predicted octanol–water partition coefficient (Wildman–Crippen LogP) is 5.56. The standard InChI is InChI=1S/C24H26N2O2.ClH/c1-3-17(2)24-25-22-10-6-7-11-23(22)26(24)15-20(27)16-28-21-13-12-18-8-4-5-9-19(18)14-21;/h4-14,17,20,27H,3,15-16H2,1-2H3;1H. The molecule has 5 heteroatoms. The van der Waals surface area contributed by atoms with Crippen LogP contribution in [-0.4, -0.2) is 27.4 Å². The van der Waals surface area contributed by atoms with Gasteiger partial charge in [0.25, 0.3) is 0 Å². The first-order chi connectivity index (χ1) is 13.7. The minimum atomic E-state index is -0.619. The van der Waals surface area contributed by atoms with Gasteiger partial charge in [-0.25, -0.2) is 4.98 Å². The van der Waals surface area contributed by atoms with E-state index in [0.29, 0.717) is 12.5 Å². The molecule has 1 aromatic heterocycles. The fourth-order valence-electron chi connectivity index (χ4n) is 3.56. The van der Waals surface area contributed by atoms with E-state index in [1.54, 1.807) is 0 Å². The molecule has 0 saturated carbocycles. The lowest BCUT2D eigenvalue weighted by Crippen LogP contribution is -2.25. The lowest BCUT2D eigenvalue weighted by molar-refractivity contribution is 0.0925. The fraction of sp³-hybridized carbons (Fsp3) is 0.292. The van der Waals surface area contributed by atoms with E-state index < -0.39 is 6.10 Å². The van der Waals surface area contributed by atoms with E-state index in [1.165, 1.54) is 5.39 Å². The van der Waals surface area contributed by atoms with Crippen LogP contribution in [0.1, 0.15) is 32.0 Å². The molecule has 0 radical (unpaired) electrons. The summed E-state index contributed by atoms with van der Waals surface area (Å²) in [5.41, 5.74) is 2.03. The molecule has 4 aromatic rings. The van der Waals surface area contributed by atoms with Gasteiger partial charge in [0, 0.05) is 5.92 Å². The van der Waals surface area contributed by atoms with Crippen LogP contribution in [0.4, 0.5) is 0 Å². The Morgan fingerprint density at radius 3 is 2.52 bits per heavy atom. The molecular weight excluding hydrogens is 384 g/mol. The van der Waals surface area contributed by atoms with E-state index in [2.05, 4.69) is 36.6 Å². The molecule has 0 spiro atoms. The van der Waals surface area contributed by atoms with Crippen molar-refractivity contribution in [1.82, 2.24) is 9.55 Å². The first kappa shape index (κ1) is 21.2. The minimum absolute atomic E-state index is 0. The van der Waals surface area contributed by atoms with Crippen LogP contribution in [-0.2, 0) is 6.54 Å².